The number of hydrogen-bond acceptors (Lipinski definition) is 5. The summed E-state index contributed by atoms with van der Waals surface area (Å²) in [6, 6.07) is 1.64. The molecule has 1 fully saturated rings. The lowest BCUT2D eigenvalue weighted by Gasteiger charge is -2.31. The van der Waals surface area contributed by atoms with Crippen molar-refractivity contribution in [2.75, 3.05) is 26.8 Å². The molecule has 2 rings (SSSR count). The molecule has 2 N–H and O–H groups in total. The fraction of sp³-hybridized carbons (Fsp3) is 0.571. The maximum absolute atomic E-state index is 11.5. The number of guanidine groups is 1. The summed E-state index contributed by atoms with van der Waals surface area (Å²) in [7, 11) is 1.34. The average Bonchev–Trinajstić information content (AvgIpc) is 2.85. The molecule has 1 atom stereocenters. The summed E-state index contributed by atoms with van der Waals surface area (Å²) in [5.74, 6) is 1.14. The number of carbonyl (C=O) groups is 1. The topological polar surface area (TPSA) is 90.3 Å². The van der Waals surface area contributed by atoms with E-state index >= 15 is 0 Å². The van der Waals surface area contributed by atoms with E-state index in [-0.39, 0.29) is 36.6 Å². The van der Waals surface area contributed by atoms with Gasteiger partial charge in [-0.05, 0) is 19.9 Å². The Hall–Kier alpha value is -1.29. The van der Waals surface area contributed by atoms with Crippen LogP contribution in [0.3, 0.4) is 0 Å². The van der Waals surface area contributed by atoms with E-state index in [0.29, 0.717) is 29.7 Å². The van der Waals surface area contributed by atoms with E-state index in [1.165, 1.54) is 7.11 Å². The standard InChI is InChI=1S/C14H21N3O4.HI/c1-9-8-17(4-5-20-9)14(15)16-7-11-6-12(10(2)21-11)13(18)19-3;/h6,9H,4-5,7-8H2,1-3H3,(H2,15,16);1H. The van der Waals surface area contributed by atoms with Crippen molar-refractivity contribution in [2.24, 2.45) is 10.7 Å². The van der Waals surface area contributed by atoms with Crippen molar-refractivity contribution >= 4 is 35.9 Å². The fourth-order valence-corrected chi connectivity index (χ4v) is 2.22. The van der Waals surface area contributed by atoms with Crippen LogP contribution < -0.4 is 5.73 Å². The van der Waals surface area contributed by atoms with Crippen molar-refractivity contribution in [3.05, 3.63) is 23.2 Å². The number of halogens is 1. The minimum atomic E-state index is -0.415. The minimum absolute atomic E-state index is 0. The molecule has 124 valence electrons. The number of nitrogens with two attached hydrogens (primary N) is 1. The third-order valence-electron chi connectivity index (χ3n) is 3.34. The van der Waals surface area contributed by atoms with Crippen molar-refractivity contribution in [1.29, 1.82) is 0 Å². The lowest BCUT2D eigenvalue weighted by Crippen LogP contribution is -2.47. The highest BCUT2D eigenvalue weighted by atomic mass is 127. The van der Waals surface area contributed by atoms with E-state index in [1.807, 2.05) is 11.8 Å². The second-order valence-electron chi connectivity index (χ2n) is 4.98. The lowest BCUT2D eigenvalue weighted by atomic mass is 10.2. The monoisotopic (exact) mass is 423 g/mol. The van der Waals surface area contributed by atoms with Crippen molar-refractivity contribution < 1.29 is 18.7 Å². The number of esters is 1. The molecule has 1 aliphatic rings. The van der Waals surface area contributed by atoms with Gasteiger partial charge in [0.05, 0.1) is 19.8 Å². The number of rotatable bonds is 3. The highest BCUT2D eigenvalue weighted by molar-refractivity contribution is 14.0. The van der Waals surface area contributed by atoms with E-state index in [9.17, 15) is 4.79 Å². The van der Waals surface area contributed by atoms with Crippen LogP contribution in [0.4, 0.5) is 0 Å². The van der Waals surface area contributed by atoms with Gasteiger partial charge in [0.1, 0.15) is 23.6 Å². The molecule has 8 heteroatoms. The summed E-state index contributed by atoms with van der Waals surface area (Å²) in [5, 5.41) is 0. The molecule has 2 heterocycles. The van der Waals surface area contributed by atoms with Crippen LogP contribution >= 0.6 is 24.0 Å². The average molecular weight is 423 g/mol. The first-order valence-corrected chi connectivity index (χ1v) is 6.85. The highest BCUT2D eigenvalue weighted by Gasteiger charge is 2.19. The summed E-state index contributed by atoms with van der Waals surface area (Å²) < 4.78 is 15.6. The third-order valence-corrected chi connectivity index (χ3v) is 3.34. The van der Waals surface area contributed by atoms with Gasteiger partial charge in [0.25, 0.3) is 0 Å². The maximum Gasteiger partial charge on any atom is 0.341 e. The molecule has 1 aliphatic heterocycles. The first-order valence-electron chi connectivity index (χ1n) is 6.85. The number of aliphatic imine (C=N–C) groups is 1. The first-order chi connectivity index (χ1) is 10.0. The number of hydrogen-bond donors (Lipinski definition) is 1. The molecule has 0 spiro atoms. The molecule has 0 saturated carbocycles. The Kier molecular flexibility index (Phi) is 7.14. The van der Waals surface area contributed by atoms with Crippen LogP contribution in [0.15, 0.2) is 15.5 Å². The summed E-state index contributed by atoms with van der Waals surface area (Å²) >= 11 is 0. The quantitative estimate of drug-likeness (QED) is 0.343. The molecule has 1 saturated heterocycles. The van der Waals surface area contributed by atoms with Crippen molar-refractivity contribution in [1.82, 2.24) is 4.90 Å². The number of furan rings is 1. The van der Waals surface area contributed by atoms with Gasteiger partial charge in [-0.3, -0.25) is 0 Å². The Morgan fingerprint density at radius 3 is 2.95 bits per heavy atom. The number of nitrogens with zero attached hydrogens (tertiary/aromatic N) is 2. The van der Waals surface area contributed by atoms with Crippen LogP contribution in [0.2, 0.25) is 0 Å². The van der Waals surface area contributed by atoms with Gasteiger partial charge >= 0.3 is 5.97 Å². The van der Waals surface area contributed by atoms with E-state index < -0.39 is 5.97 Å². The van der Waals surface area contributed by atoms with Crippen LogP contribution in [0.5, 0.6) is 0 Å². The Labute approximate surface area is 146 Å². The Bertz CT molecular complexity index is 544. The lowest BCUT2D eigenvalue weighted by molar-refractivity contribution is 0.00528. The zero-order chi connectivity index (χ0) is 15.4. The molecular formula is C14H22IN3O4. The molecule has 1 aromatic heterocycles. The normalized spacial score (nSPS) is 18.8. The second-order valence-corrected chi connectivity index (χ2v) is 4.98. The second kappa shape index (κ2) is 8.37. The van der Waals surface area contributed by atoms with Gasteiger partial charge in [-0.15, -0.1) is 24.0 Å². The number of ether oxygens (including phenoxy) is 2. The van der Waals surface area contributed by atoms with Crippen molar-refractivity contribution in [3.63, 3.8) is 0 Å². The zero-order valence-electron chi connectivity index (χ0n) is 13.0. The van der Waals surface area contributed by atoms with Gasteiger partial charge < -0.3 is 24.5 Å². The zero-order valence-corrected chi connectivity index (χ0v) is 15.3. The fourth-order valence-electron chi connectivity index (χ4n) is 2.22. The SMILES string of the molecule is COC(=O)c1cc(CN=C(N)N2CCOC(C)C2)oc1C.I. The van der Waals surface area contributed by atoms with E-state index in [1.54, 1.807) is 13.0 Å². The van der Waals surface area contributed by atoms with Crippen LogP contribution in [-0.4, -0.2) is 49.7 Å². The van der Waals surface area contributed by atoms with Gasteiger partial charge in [-0.25, -0.2) is 9.79 Å². The summed E-state index contributed by atoms with van der Waals surface area (Å²) in [6.07, 6.45) is 0.143. The smallest absolute Gasteiger partial charge is 0.341 e. The molecule has 0 amide bonds. The summed E-state index contributed by atoms with van der Waals surface area (Å²) in [5.41, 5.74) is 6.39. The molecule has 0 aliphatic carbocycles. The summed E-state index contributed by atoms with van der Waals surface area (Å²) in [4.78, 5) is 17.8. The van der Waals surface area contributed by atoms with E-state index in [2.05, 4.69) is 9.73 Å². The molecule has 22 heavy (non-hydrogen) atoms. The minimum Gasteiger partial charge on any atom is -0.465 e. The molecular weight excluding hydrogens is 401 g/mol. The molecule has 0 bridgehead atoms. The molecule has 0 aromatic carbocycles. The van der Waals surface area contributed by atoms with Gasteiger partial charge in [-0.2, -0.15) is 0 Å². The molecule has 7 nitrogen and oxygen atoms in total. The van der Waals surface area contributed by atoms with Crippen LogP contribution in [0.25, 0.3) is 0 Å². The van der Waals surface area contributed by atoms with Gasteiger partial charge in [-0.1, -0.05) is 0 Å². The van der Waals surface area contributed by atoms with Gasteiger partial charge in [0, 0.05) is 13.1 Å². The Balaban J connectivity index is 0.00000242. The predicted molar refractivity (Wildman–Crippen MR) is 92.5 cm³/mol. The van der Waals surface area contributed by atoms with Crippen molar-refractivity contribution in [2.45, 2.75) is 26.5 Å². The maximum atomic E-state index is 11.5. The highest BCUT2D eigenvalue weighted by Crippen LogP contribution is 2.16. The number of morpholine rings is 1. The van der Waals surface area contributed by atoms with Crippen molar-refractivity contribution in [3.8, 4) is 0 Å². The number of carbonyl (C=O) groups excluding carboxylic acids is 1. The molecule has 1 aromatic rings. The first kappa shape index (κ1) is 18.8. The third kappa shape index (κ3) is 4.60. The summed E-state index contributed by atoms with van der Waals surface area (Å²) in [6.45, 7) is 6.09. The number of aryl methyl sites for hydroxylation is 1. The van der Waals surface area contributed by atoms with Gasteiger partial charge in [0.2, 0.25) is 0 Å². The number of methoxy groups -OCH3 is 1. The van der Waals surface area contributed by atoms with Crippen LogP contribution in [-0.2, 0) is 16.0 Å². The van der Waals surface area contributed by atoms with E-state index in [4.69, 9.17) is 14.9 Å². The largest absolute Gasteiger partial charge is 0.465 e. The van der Waals surface area contributed by atoms with Crippen LogP contribution in [0.1, 0.15) is 28.8 Å². The van der Waals surface area contributed by atoms with Crippen LogP contribution in [0, 0.1) is 6.92 Å². The Morgan fingerprint density at radius 1 is 1.59 bits per heavy atom. The molecule has 1 unspecified atom stereocenters. The van der Waals surface area contributed by atoms with Gasteiger partial charge in [0.15, 0.2) is 5.96 Å². The molecule has 0 radical (unpaired) electrons. The Morgan fingerprint density at radius 2 is 2.32 bits per heavy atom. The van der Waals surface area contributed by atoms with E-state index in [0.717, 1.165) is 13.1 Å². The predicted octanol–water partition coefficient (Wildman–Crippen LogP) is 1.53.